The monoisotopic (exact) mass is 406 g/mol. The summed E-state index contributed by atoms with van der Waals surface area (Å²) < 4.78 is 25.7. The molecule has 1 amide bonds. The number of nitro groups is 1. The summed E-state index contributed by atoms with van der Waals surface area (Å²) in [5.74, 6) is -0.213. The average Bonchev–Trinajstić information content (AvgIpc) is 2.70. The highest BCUT2D eigenvalue weighted by molar-refractivity contribution is 7.89. The minimum atomic E-state index is -3.81. The second-order valence-corrected chi connectivity index (χ2v) is 8.00. The lowest BCUT2D eigenvalue weighted by atomic mass is 10.0. The van der Waals surface area contributed by atoms with Crippen molar-refractivity contribution >= 4 is 27.3 Å². The van der Waals surface area contributed by atoms with Crippen LogP contribution in [-0.2, 0) is 14.8 Å². The van der Waals surface area contributed by atoms with Gasteiger partial charge < -0.3 is 10.6 Å². The van der Waals surface area contributed by atoms with E-state index in [-0.39, 0.29) is 29.0 Å². The standard InChI is InChI=1S/C18H22N4O5S/c1-13(14-6-4-3-5-7-14)11-21-18(23)12-20-16-9-8-15(28(26,27)19-2)10-17(16)22(24)25/h3-10,13,19-20H,11-12H2,1-2H3,(H,21,23)/t13-/m0/s1. The number of carbonyl (C=O) groups is 1. The number of nitrogens with zero attached hydrogens (tertiary/aromatic N) is 1. The van der Waals surface area contributed by atoms with Crippen molar-refractivity contribution in [2.75, 3.05) is 25.5 Å². The fourth-order valence-electron chi connectivity index (χ4n) is 2.50. The summed E-state index contributed by atoms with van der Waals surface area (Å²) in [6.07, 6.45) is 0. The van der Waals surface area contributed by atoms with Gasteiger partial charge >= 0.3 is 0 Å². The molecule has 2 rings (SSSR count). The summed E-state index contributed by atoms with van der Waals surface area (Å²) in [5, 5.41) is 16.7. The lowest BCUT2D eigenvalue weighted by molar-refractivity contribution is -0.384. The molecule has 0 aliphatic rings. The molecule has 0 aromatic heterocycles. The number of benzene rings is 2. The number of hydrogen-bond acceptors (Lipinski definition) is 6. The fourth-order valence-corrected chi connectivity index (χ4v) is 3.25. The normalized spacial score (nSPS) is 12.2. The Morgan fingerprint density at radius 2 is 1.86 bits per heavy atom. The van der Waals surface area contributed by atoms with Crippen molar-refractivity contribution in [3.05, 3.63) is 64.2 Å². The van der Waals surface area contributed by atoms with E-state index >= 15 is 0 Å². The largest absolute Gasteiger partial charge is 0.371 e. The fraction of sp³-hybridized carbons (Fsp3) is 0.278. The third kappa shape index (κ3) is 5.51. The van der Waals surface area contributed by atoms with Crippen LogP contribution in [0, 0.1) is 10.1 Å². The summed E-state index contributed by atoms with van der Waals surface area (Å²) >= 11 is 0. The average molecular weight is 406 g/mol. The highest BCUT2D eigenvalue weighted by Gasteiger charge is 2.20. The molecule has 10 heteroatoms. The molecule has 0 heterocycles. The molecule has 0 unspecified atom stereocenters. The van der Waals surface area contributed by atoms with Crippen LogP contribution >= 0.6 is 0 Å². The Hall–Kier alpha value is -2.98. The summed E-state index contributed by atoms with van der Waals surface area (Å²) in [4.78, 5) is 22.4. The highest BCUT2D eigenvalue weighted by atomic mass is 32.2. The third-order valence-corrected chi connectivity index (χ3v) is 5.57. The number of nitro benzene ring substituents is 1. The van der Waals surface area contributed by atoms with E-state index in [2.05, 4.69) is 15.4 Å². The highest BCUT2D eigenvalue weighted by Crippen LogP contribution is 2.27. The van der Waals surface area contributed by atoms with Crippen molar-refractivity contribution in [3.8, 4) is 0 Å². The topological polar surface area (TPSA) is 130 Å². The van der Waals surface area contributed by atoms with E-state index in [9.17, 15) is 23.3 Å². The van der Waals surface area contributed by atoms with Crippen LogP contribution in [0.1, 0.15) is 18.4 Å². The lowest BCUT2D eigenvalue weighted by Gasteiger charge is -2.14. The zero-order valence-electron chi connectivity index (χ0n) is 15.5. The van der Waals surface area contributed by atoms with Crippen LogP contribution in [0.25, 0.3) is 0 Å². The summed E-state index contributed by atoms with van der Waals surface area (Å²) in [6.45, 7) is 2.22. The van der Waals surface area contributed by atoms with Crippen molar-refractivity contribution < 1.29 is 18.1 Å². The second-order valence-electron chi connectivity index (χ2n) is 6.11. The number of sulfonamides is 1. The van der Waals surface area contributed by atoms with Gasteiger partial charge in [0.05, 0.1) is 16.4 Å². The van der Waals surface area contributed by atoms with Crippen LogP contribution in [0.4, 0.5) is 11.4 Å². The molecule has 2 aromatic carbocycles. The quantitative estimate of drug-likeness (QED) is 0.430. The third-order valence-electron chi connectivity index (χ3n) is 4.16. The molecule has 9 nitrogen and oxygen atoms in total. The summed E-state index contributed by atoms with van der Waals surface area (Å²) in [5.41, 5.74) is 0.723. The lowest BCUT2D eigenvalue weighted by Crippen LogP contribution is -2.32. The van der Waals surface area contributed by atoms with Gasteiger partial charge in [-0.3, -0.25) is 14.9 Å². The zero-order valence-corrected chi connectivity index (χ0v) is 16.3. The summed E-state index contributed by atoms with van der Waals surface area (Å²) in [7, 11) is -2.59. The zero-order chi connectivity index (χ0) is 20.7. The van der Waals surface area contributed by atoms with Gasteiger partial charge in [0.25, 0.3) is 5.69 Å². The number of amides is 1. The first-order chi connectivity index (χ1) is 13.2. The first kappa shape index (κ1) is 21.3. The number of rotatable bonds is 9. The number of anilines is 1. The van der Waals surface area contributed by atoms with Gasteiger partial charge in [-0.1, -0.05) is 37.3 Å². The maximum atomic E-state index is 12.1. The van der Waals surface area contributed by atoms with E-state index in [0.717, 1.165) is 11.6 Å². The van der Waals surface area contributed by atoms with E-state index < -0.39 is 20.6 Å². The second kappa shape index (κ2) is 9.29. The molecule has 0 aliphatic carbocycles. The van der Waals surface area contributed by atoms with Gasteiger partial charge in [-0.15, -0.1) is 0 Å². The maximum absolute atomic E-state index is 12.1. The van der Waals surface area contributed by atoms with Crippen LogP contribution < -0.4 is 15.4 Å². The molecule has 0 bridgehead atoms. The molecule has 0 aliphatic heterocycles. The van der Waals surface area contributed by atoms with Crippen LogP contribution in [0.3, 0.4) is 0 Å². The molecular formula is C18H22N4O5S. The predicted octanol–water partition coefficient (Wildman–Crippen LogP) is 1.83. The van der Waals surface area contributed by atoms with Gasteiger partial charge in [0.15, 0.2) is 0 Å². The van der Waals surface area contributed by atoms with Crippen LogP contribution in [-0.4, -0.2) is 39.4 Å². The van der Waals surface area contributed by atoms with Gasteiger partial charge in [-0.05, 0) is 30.7 Å². The van der Waals surface area contributed by atoms with E-state index in [0.29, 0.717) is 6.54 Å². The maximum Gasteiger partial charge on any atom is 0.293 e. The Kier molecular flexibility index (Phi) is 7.07. The van der Waals surface area contributed by atoms with E-state index in [4.69, 9.17) is 0 Å². The molecule has 0 spiro atoms. The van der Waals surface area contributed by atoms with E-state index in [1.807, 2.05) is 37.3 Å². The van der Waals surface area contributed by atoms with E-state index in [1.165, 1.54) is 19.2 Å². The van der Waals surface area contributed by atoms with Crippen LogP contribution in [0.5, 0.6) is 0 Å². The molecule has 0 saturated heterocycles. The Morgan fingerprint density at radius 1 is 1.18 bits per heavy atom. The first-order valence-electron chi connectivity index (χ1n) is 8.52. The molecule has 150 valence electrons. The molecule has 1 atom stereocenters. The van der Waals surface area contributed by atoms with Crippen molar-refractivity contribution in [3.63, 3.8) is 0 Å². The van der Waals surface area contributed by atoms with E-state index in [1.54, 1.807) is 0 Å². The van der Waals surface area contributed by atoms with Gasteiger partial charge in [-0.25, -0.2) is 13.1 Å². The molecule has 28 heavy (non-hydrogen) atoms. The Morgan fingerprint density at radius 3 is 2.46 bits per heavy atom. The van der Waals surface area contributed by atoms with Crippen molar-refractivity contribution in [2.45, 2.75) is 17.7 Å². The molecule has 0 radical (unpaired) electrons. The Balaban J connectivity index is 1.99. The smallest absolute Gasteiger partial charge is 0.293 e. The minimum absolute atomic E-state index is 0.0614. The molecule has 2 aromatic rings. The number of carbonyl (C=O) groups excluding carboxylic acids is 1. The first-order valence-corrected chi connectivity index (χ1v) is 10.0. The van der Waals surface area contributed by atoms with Gasteiger partial charge in [0, 0.05) is 12.6 Å². The molecular weight excluding hydrogens is 384 g/mol. The van der Waals surface area contributed by atoms with Gasteiger partial charge in [0.2, 0.25) is 15.9 Å². The molecule has 3 N–H and O–H groups in total. The van der Waals surface area contributed by atoms with Crippen molar-refractivity contribution in [2.24, 2.45) is 0 Å². The van der Waals surface area contributed by atoms with Crippen molar-refractivity contribution in [1.29, 1.82) is 0 Å². The predicted molar refractivity (Wildman–Crippen MR) is 106 cm³/mol. The SMILES string of the molecule is CNS(=O)(=O)c1ccc(NCC(=O)NC[C@H](C)c2ccccc2)c([N+](=O)[O-])c1. The Labute approximate surface area is 163 Å². The Bertz CT molecular complexity index is 948. The molecule has 0 fully saturated rings. The van der Waals surface area contributed by atoms with Gasteiger partial charge in [0.1, 0.15) is 5.69 Å². The molecule has 0 saturated carbocycles. The summed E-state index contributed by atoms with van der Waals surface area (Å²) in [6, 6.07) is 13.2. The number of nitrogens with one attached hydrogen (secondary N) is 3. The van der Waals surface area contributed by atoms with Crippen molar-refractivity contribution in [1.82, 2.24) is 10.0 Å². The van der Waals surface area contributed by atoms with Gasteiger partial charge in [-0.2, -0.15) is 0 Å². The van der Waals surface area contributed by atoms with Crippen LogP contribution in [0.15, 0.2) is 53.4 Å². The number of hydrogen-bond donors (Lipinski definition) is 3. The minimum Gasteiger partial charge on any atom is -0.371 e. The van der Waals surface area contributed by atoms with Crippen LogP contribution in [0.2, 0.25) is 0 Å².